The van der Waals surface area contributed by atoms with Crippen molar-refractivity contribution in [3.8, 4) is 5.88 Å². The standard InChI is InChI=1S/C19H32N4O2.HI/c1-15(2)13-24-10-4-9-21-19(20-3)23-12-17-7-8-18(22-11-17)25-14-16-5-6-16;/h7-8,11,15-16H,4-6,9-10,12-14H2,1-3H3,(H2,20,21,23);1H. The summed E-state index contributed by atoms with van der Waals surface area (Å²) in [6.07, 6.45) is 5.39. The molecule has 1 aromatic rings. The molecule has 0 amide bonds. The van der Waals surface area contributed by atoms with E-state index in [4.69, 9.17) is 9.47 Å². The molecule has 6 nitrogen and oxygen atoms in total. The molecule has 1 aliphatic carbocycles. The van der Waals surface area contributed by atoms with Crippen LogP contribution in [0.1, 0.15) is 38.7 Å². The van der Waals surface area contributed by atoms with Crippen molar-refractivity contribution in [2.24, 2.45) is 16.8 Å². The molecule has 1 aliphatic rings. The Labute approximate surface area is 174 Å². The van der Waals surface area contributed by atoms with Crippen LogP contribution in [0.15, 0.2) is 23.3 Å². The average Bonchev–Trinajstić information content (AvgIpc) is 3.44. The second-order valence-corrected chi connectivity index (χ2v) is 6.93. The highest BCUT2D eigenvalue weighted by Gasteiger charge is 2.21. The molecule has 0 saturated heterocycles. The predicted octanol–water partition coefficient (Wildman–Crippen LogP) is 3.22. The minimum absolute atomic E-state index is 0. The molecular weight excluding hydrogens is 443 g/mol. The van der Waals surface area contributed by atoms with E-state index in [1.54, 1.807) is 7.05 Å². The van der Waals surface area contributed by atoms with Crippen LogP contribution < -0.4 is 15.4 Å². The molecule has 7 heteroatoms. The molecule has 0 spiro atoms. The fraction of sp³-hybridized carbons (Fsp3) is 0.684. The number of halogens is 1. The number of nitrogens with one attached hydrogen (secondary N) is 2. The normalized spacial score (nSPS) is 14.1. The summed E-state index contributed by atoms with van der Waals surface area (Å²) in [5.41, 5.74) is 1.10. The highest BCUT2D eigenvalue weighted by atomic mass is 127. The van der Waals surface area contributed by atoms with E-state index in [0.717, 1.165) is 50.2 Å². The molecule has 1 saturated carbocycles. The van der Waals surface area contributed by atoms with E-state index in [-0.39, 0.29) is 24.0 Å². The first-order chi connectivity index (χ1) is 12.2. The van der Waals surface area contributed by atoms with Gasteiger partial charge in [-0.2, -0.15) is 0 Å². The van der Waals surface area contributed by atoms with Gasteiger partial charge in [-0.05, 0) is 36.7 Å². The van der Waals surface area contributed by atoms with Gasteiger partial charge in [-0.25, -0.2) is 4.98 Å². The van der Waals surface area contributed by atoms with Crippen LogP contribution in [0.25, 0.3) is 0 Å². The van der Waals surface area contributed by atoms with E-state index in [1.807, 2.05) is 18.3 Å². The number of rotatable bonds is 11. The highest BCUT2D eigenvalue weighted by molar-refractivity contribution is 14.0. The second-order valence-electron chi connectivity index (χ2n) is 6.93. The van der Waals surface area contributed by atoms with Gasteiger partial charge in [-0.3, -0.25) is 4.99 Å². The summed E-state index contributed by atoms with van der Waals surface area (Å²) in [6.45, 7) is 8.22. The second kappa shape index (κ2) is 13.1. The molecule has 0 aromatic carbocycles. The molecule has 1 heterocycles. The van der Waals surface area contributed by atoms with Crippen LogP contribution in [-0.2, 0) is 11.3 Å². The van der Waals surface area contributed by atoms with Crippen molar-refractivity contribution in [1.82, 2.24) is 15.6 Å². The topological polar surface area (TPSA) is 67.8 Å². The number of aliphatic imine (C=N–C) groups is 1. The molecule has 148 valence electrons. The number of ether oxygens (including phenoxy) is 2. The van der Waals surface area contributed by atoms with Crippen molar-refractivity contribution in [1.29, 1.82) is 0 Å². The van der Waals surface area contributed by atoms with Gasteiger partial charge in [0.15, 0.2) is 5.96 Å². The van der Waals surface area contributed by atoms with Crippen LogP contribution in [0.3, 0.4) is 0 Å². The van der Waals surface area contributed by atoms with Gasteiger partial charge in [-0.15, -0.1) is 24.0 Å². The van der Waals surface area contributed by atoms with Gasteiger partial charge in [-0.1, -0.05) is 19.9 Å². The monoisotopic (exact) mass is 476 g/mol. The quantitative estimate of drug-likeness (QED) is 0.222. The number of pyridine rings is 1. The molecule has 26 heavy (non-hydrogen) atoms. The van der Waals surface area contributed by atoms with E-state index < -0.39 is 0 Å². The Morgan fingerprint density at radius 2 is 2.12 bits per heavy atom. The molecule has 0 atom stereocenters. The Kier molecular flexibility index (Phi) is 11.6. The van der Waals surface area contributed by atoms with E-state index >= 15 is 0 Å². The fourth-order valence-corrected chi connectivity index (χ4v) is 2.20. The Morgan fingerprint density at radius 1 is 1.31 bits per heavy atom. The first kappa shape index (κ1) is 23.0. The van der Waals surface area contributed by atoms with Crippen molar-refractivity contribution in [2.45, 2.75) is 39.7 Å². The lowest BCUT2D eigenvalue weighted by Gasteiger charge is -2.12. The third kappa shape index (κ3) is 10.2. The van der Waals surface area contributed by atoms with Crippen LogP contribution in [-0.4, -0.2) is 44.4 Å². The number of hydrogen-bond acceptors (Lipinski definition) is 4. The SMILES string of the molecule is CN=C(NCCCOCC(C)C)NCc1ccc(OCC2CC2)nc1.I. The molecule has 2 rings (SSSR count). The van der Waals surface area contributed by atoms with Crippen molar-refractivity contribution in [3.05, 3.63) is 23.9 Å². The Hall–Kier alpha value is -1.09. The zero-order chi connectivity index (χ0) is 17.9. The van der Waals surface area contributed by atoms with Crippen molar-refractivity contribution >= 4 is 29.9 Å². The summed E-state index contributed by atoms with van der Waals surface area (Å²) in [7, 11) is 1.78. The first-order valence-electron chi connectivity index (χ1n) is 9.27. The lowest BCUT2D eigenvalue weighted by molar-refractivity contribution is 0.108. The minimum atomic E-state index is 0. The van der Waals surface area contributed by atoms with Crippen LogP contribution in [0.5, 0.6) is 5.88 Å². The van der Waals surface area contributed by atoms with E-state index in [0.29, 0.717) is 18.3 Å². The molecule has 2 N–H and O–H groups in total. The van der Waals surface area contributed by atoms with Gasteiger partial charge in [0.1, 0.15) is 0 Å². The van der Waals surface area contributed by atoms with Gasteiger partial charge in [0, 0.05) is 45.6 Å². The lowest BCUT2D eigenvalue weighted by atomic mass is 10.2. The third-order valence-electron chi connectivity index (χ3n) is 3.85. The molecule has 0 bridgehead atoms. The molecule has 0 aliphatic heterocycles. The summed E-state index contributed by atoms with van der Waals surface area (Å²) in [5, 5.41) is 6.58. The van der Waals surface area contributed by atoms with Gasteiger partial charge >= 0.3 is 0 Å². The summed E-state index contributed by atoms with van der Waals surface area (Å²) >= 11 is 0. The summed E-state index contributed by atoms with van der Waals surface area (Å²) in [4.78, 5) is 8.58. The first-order valence-corrected chi connectivity index (χ1v) is 9.27. The molecule has 0 radical (unpaired) electrons. The van der Waals surface area contributed by atoms with Gasteiger partial charge in [0.2, 0.25) is 5.88 Å². The Balaban J connectivity index is 0.00000338. The van der Waals surface area contributed by atoms with Crippen LogP contribution in [0, 0.1) is 11.8 Å². The van der Waals surface area contributed by atoms with Crippen molar-refractivity contribution < 1.29 is 9.47 Å². The maximum atomic E-state index is 5.65. The summed E-state index contributed by atoms with van der Waals surface area (Å²) < 4.78 is 11.2. The van der Waals surface area contributed by atoms with Crippen LogP contribution in [0.4, 0.5) is 0 Å². The fourth-order valence-electron chi connectivity index (χ4n) is 2.20. The van der Waals surface area contributed by atoms with Gasteiger partial charge in [0.05, 0.1) is 6.61 Å². The Morgan fingerprint density at radius 3 is 2.73 bits per heavy atom. The van der Waals surface area contributed by atoms with Crippen molar-refractivity contribution in [2.75, 3.05) is 33.4 Å². The highest BCUT2D eigenvalue weighted by Crippen LogP contribution is 2.29. The molecule has 1 aromatic heterocycles. The van der Waals surface area contributed by atoms with Gasteiger partial charge < -0.3 is 20.1 Å². The molecule has 0 unspecified atom stereocenters. The maximum Gasteiger partial charge on any atom is 0.213 e. The zero-order valence-corrected chi connectivity index (χ0v) is 18.5. The molecule has 1 fully saturated rings. The number of aromatic nitrogens is 1. The summed E-state index contributed by atoms with van der Waals surface area (Å²) in [6, 6.07) is 3.97. The summed E-state index contributed by atoms with van der Waals surface area (Å²) in [5.74, 6) is 2.83. The third-order valence-corrected chi connectivity index (χ3v) is 3.85. The number of nitrogens with zero attached hydrogens (tertiary/aromatic N) is 2. The predicted molar refractivity (Wildman–Crippen MR) is 116 cm³/mol. The van der Waals surface area contributed by atoms with Crippen molar-refractivity contribution in [3.63, 3.8) is 0 Å². The van der Waals surface area contributed by atoms with Crippen LogP contribution >= 0.6 is 24.0 Å². The van der Waals surface area contributed by atoms with E-state index in [9.17, 15) is 0 Å². The zero-order valence-electron chi connectivity index (χ0n) is 16.2. The number of hydrogen-bond donors (Lipinski definition) is 2. The lowest BCUT2D eigenvalue weighted by Crippen LogP contribution is -2.37. The minimum Gasteiger partial charge on any atom is -0.477 e. The van der Waals surface area contributed by atoms with E-state index in [2.05, 4.69) is 34.5 Å². The van der Waals surface area contributed by atoms with Gasteiger partial charge in [0.25, 0.3) is 0 Å². The van der Waals surface area contributed by atoms with E-state index in [1.165, 1.54) is 12.8 Å². The van der Waals surface area contributed by atoms with Crippen LogP contribution in [0.2, 0.25) is 0 Å². The molecular formula is C19H33IN4O2. The smallest absolute Gasteiger partial charge is 0.213 e. The Bertz CT molecular complexity index is 519. The largest absolute Gasteiger partial charge is 0.477 e. The number of guanidine groups is 1. The average molecular weight is 476 g/mol. The maximum absolute atomic E-state index is 5.65.